The van der Waals surface area contributed by atoms with Gasteiger partial charge in [0.2, 0.25) is 5.91 Å². The molecule has 0 atom stereocenters. The van der Waals surface area contributed by atoms with Crippen LogP contribution in [-0.2, 0) is 4.79 Å². The molecule has 1 saturated heterocycles. The van der Waals surface area contributed by atoms with Gasteiger partial charge in [0, 0.05) is 19.2 Å². The van der Waals surface area contributed by atoms with Gasteiger partial charge in [0.05, 0.1) is 11.5 Å². The van der Waals surface area contributed by atoms with E-state index in [1.54, 1.807) is 0 Å². The molecule has 1 aliphatic heterocycles. The number of hydrogen-bond donors (Lipinski definition) is 2. The molecule has 112 valence electrons. The van der Waals surface area contributed by atoms with Crippen LogP contribution in [0.3, 0.4) is 0 Å². The Morgan fingerprint density at radius 2 is 2.19 bits per heavy atom. The maximum Gasteiger partial charge on any atom is 0.293 e. The van der Waals surface area contributed by atoms with Crippen molar-refractivity contribution in [1.29, 1.82) is 0 Å². The van der Waals surface area contributed by atoms with E-state index < -0.39 is 33.6 Å². The second-order valence-electron chi connectivity index (χ2n) is 4.54. The fourth-order valence-electron chi connectivity index (χ4n) is 2.10. The summed E-state index contributed by atoms with van der Waals surface area (Å²) in [5, 5.41) is 13.4. The Labute approximate surface area is 118 Å². The van der Waals surface area contributed by atoms with Crippen molar-refractivity contribution in [1.82, 2.24) is 10.2 Å². The average molecular weight is 296 g/mol. The molecule has 0 unspecified atom stereocenters. The topological polar surface area (TPSA) is 119 Å². The number of nitro groups is 1. The number of hydrogen-bond acceptors (Lipinski definition) is 5. The lowest BCUT2D eigenvalue weighted by atomic mass is 10.1. The first-order valence-corrected chi connectivity index (χ1v) is 6.20. The van der Waals surface area contributed by atoms with E-state index in [0.717, 1.165) is 17.0 Å². The van der Waals surface area contributed by atoms with Gasteiger partial charge >= 0.3 is 0 Å². The van der Waals surface area contributed by atoms with Gasteiger partial charge in [-0.1, -0.05) is 0 Å². The predicted molar refractivity (Wildman–Crippen MR) is 71.0 cm³/mol. The summed E-state index contributed by atoms with van der Waals surface area (Å²) in [5.74, 6) is -2.15. The fraction of sp³-hybridized carbons (Fsp3) is 0.333. The lowest BCUT2D eigenvalue weighted by molar-refractivity contribution is -0.384. The Morgan fingerprint density at radius 3 is 2.86 bits per heavy atom. The third kappa shape index (κ3) is 2.91. The minimum absolute atomic E-state index is 0.235. The molecule has 0 aromatic heterocycles. The molecule has 0 aliphatic carbocycles. The highest BCUT2D eigenvalue weighted by atomic mass is 19.1. The molecule has 8 nitrogen and oxygen atoms in total. The van der Waals surface area contributed by atoms with Crippen LogP contribution in [0.15, 0.2) is 12.1 Å². The zero-order chi connectivity index (χ0) is 15.6. The van der Waals surface area contributed by atoms with Crippen molar-refractivity contribution >= 4 is 23.2 Å². The second-order valence-corrected chi connectivity index (χ2v) is 4.54. The van der Waals surface area contributed by atoms with E-state index in [0.29, 0.717) is 13.0 Å². The van der Waals surface area contributed by atoms with Gasteiger partial charge in [0.15, 0.2) is 0 Å². The Balaban J connectivity index is 2.40. The molecule has 0 bridgehead atoms. The number of rotatable bonds is 2. The van der Waals surface area contributed by atoms with E-state index in [1.807, 2.05) is 0 Å². The van der Waals surface area contributed by atoms with Crippen LogP contribution in [0.25, 0.3) is 0 Å². The molecule has 0 spiro atoms. The van der Waals surface area contributed by atoms with Gasteiger partial charge in [-0.05, 0) is 12.5 Å². The number of nitrogens with zero attached hydrogens (tertiary/aromatic N) is 2. The number of benzene rings is 1. The minimum Gasteiger partial charge on any atom is -0.392 e. The van der Waals surface area contributed by atoms with Crippen LogP contribution in [-0.4, -0.2) is 41.3 Å². The SMILES string of the molecule is Nc1c([N+](=O)[O-])ccc(F)c1C(=O)N1CCCNC(=O)C1. The van der Waals surface area contributed by atoms with E-state index in [4.69, 9.17) is 5.73 Å². The van der Waals surface area contributed by atoms with Crippen molar-refractivity contribution < 1.29 is 18.9 Å². The molecular formula is C12H13FN4O4. The molecule has 0 radical (unpaired) electrons. The predicted octanol–water partition coefficient (Wildman–Crippen LogP) is 0.278. The van der Waals surface area contributed by atoms with Crippen molar-refractivity contribution in [3.05, 3.63) is 33.6 Å². The van der Waals surface area contributed by atoms with Crippen molar-refractivity contribution in [2.75, 3.05) is 25.4 Å². The Morgan fingerprint density at radius 1 is 1.48 bits per heavy atom. The van der Waals surface area contributed by atoms with Crippen LogP contribution < -0.4 is 11.1 Å². The Kier molecular flexibility index (Phi) is 4.01. The Hall–Kier alpha value is -2.71. The number of amides is 2. The van der Waals surface area contributed by atoms with Gasteiger partial charge in [-0.2, -0.15) is 0 Å². The second kappa shape index (κ2) is 5.73. The molecule has 21 heavy (non-hydrogen) atoms. The number of nitrogen functional groups attached to an aromatic ring is 1. The number of nitrogens with two attached hydrogens (primary N) is 1. The highest BCUT2D eigenvalue weighted by Gasteiger charge is 2.29. The quantitative estimate of drug-likeness (QED) is 0.461. The van der Waals surface area contributed by atoms with Gasteiger partial charge < -0.3 is 16.0 Å². The van der Waals surface area contributed by atoms with Crippen LogP contribution in [0.1, 0.15) is 16.8 Å². The smallest absolute Gasteiger partial charge is 0.293 e. The molecule has 1 heterocycles. The number of carbonyl (C=O) groups is 2. The van der Waals surface area contributed by atoms with Gasteiger partial charge in [-0.3, -0.25) is 19.7 Å². The van der Waals surface area contributed by atoms with E-state index in [9.17, 15) is 24.1 Å². The Bertz CT molecular complexity index is 620. The number of nitro benzene ring substituents is 1. The molecule has 9 heteroatoms. The van der Waals surface area contributed by atoms with Gasteiger partial charge in [0.1, 0.15) is 17.1 Å². The summed E-state index contributed by atoms with van der Waals surface area (Å²) in [6.07, 6.45) is 0.508. The van der Waals surface area contributed by atoms with E-state index in [-0.39, 0.29) is 19.0 Å². The summed E-state index contributed by atoms with van der Waals surface area (Å²) in [4.78, 5) is 34.9. The highest BCUT2D eigenvalue weighted by Crippen LogP contribution is 2.28. The zero-order valence-electron chi connectivity index (χ0n) is 11.0. The highest BCUT2D eigenvalue weighted by molar-refractivity contribution is 6.02. The summed E-state index contributed by atoms with van der Waals surface area (Å²) in [5.41, 5.74) is 3.89. The average Bonchev–Trinajstić information content (AvgIpc) is 2.62. The third-order valence-corrected chi connectivity index (χ3v) is 3.13. The standard InChI is InChI=1S/C12H13FN4O4/c13-7-2-3-8(17(20)21)11(14)10(7)12(19)16-5-1-4-15-9(18)6-16/h2-3H,1,4-6,14H2,(H,15,18). The fourth-order valence-corrected chi connectivity index (χ4v) is 2.10. The van der Waals surface area contributed by atoms with Crippen LogP contribution in [0.5, 0.6) is 0 Å². The maximum absolute atomic E-state index is 13.8. The maximum atomic E-state index is 13.8. The van der Waals surface area contributed by atoms with E-state index >= 15 is 0 Å². The molecule has 1 aromatic carbocycles. The van der Waals surface area contributed by atoms with Crippen molar-refractivity contribution in [3.63, 3.8) is 0 Å². The van der Waals surface area contributed by atoms with Crippen molar-refractivity contribution in [2.45, 2.75) is 6.42 Å². The molecule has 2 rings (SSSR count). The van der Waals surface area contributed by atoms with E-state index in [2.05, 4.69) is 5.32 Å². The zero-order valence-corrected chi connectivity index (χ0v) is 11.0. The van der Waals surface area contributed by atoms with Crippen molar-refractivity contribution in [3.8, 4) is 0 Å². The molecular weight excluding hydrogens is 283 g/mol. The van der Waals surface area contributed by atoms with Crippen molar-refractivity contribution in [2.24, 2.45) is 0 Å². The summed E-state index contributed by atoms with van der Waals surface area (Å²) in [6, 6.07) is 1.72. The first-order chi connectivity index (χ1) is 9.91. The number of carbonyl (C=O) groups excluding carboxylic acids is 2. The van der Waals surface area contributed by atoms with Crippen LogP contribution in [0.4, 0.5) is 15.8 Å². The molecule has 1 aliphatic rings. The van der Waals surface area contributed by atoms with Crippen LogP contribution >= 0.6 is 0 Å². The first-order valence-electron chi connectivity index (χ1n) is 6.20. The van der Waals surface area contributed by atoms with Crippen LogP contribution in [0, 0.1) is 15.9 Å². The third-order valence-electron chi connectivity index (χ3n) is 3.13. The monoisotopic (exact) mass is 296 g/mol. The molecule has 0 saturated carbocycles. The van der Waals surface area contributed by atoms with Gasteiger partial charge in [-0.15, -0.1) is 0 Å². The molecule has 1 fully saturated rings. The largest absolute Gasteiger partial charge is 0.392 e. The number of anilines is 1. The summed E-state index contributed by atoms with van der Waals surface area (Å²) >= 11 is 0. The molecule has 1 aromatic rings. The normalized spacial score (nSPS) is 15.3. The number of halogens is 1. The lowest BCUT2D eigenvalue weighted by Gasteiger charge is -2.20. The van der Waals surface area contributed by atoms with Gasteiger partial charge in [0.25, 0.3) is 11.6 Å². The molecule has 3 N–H and O–H groups in total. The summed E-state index contributed by atoms with van der Waals surface area (Å²) in [6.45, 7) is 0.412. The van der Waals surface area contributed by atoms with Crippen LogP contribution in [0.2, 0.25) is 0 Å². The minimum atomic E-state index is -0.951. The van der Waals surface area contributed by atoms with Gasteiger partial charge in [-0.25, -0.2) is 4.39 Å². The molecule has 2 amide bonds. The summed E-state index contributed by atoms with van der Waals surface area (Å²) in [7, 11) is 0. The number of nitrogens with one attached hydrogen (secondary N) is 1. The lowest BCUT2D eigenvalue weighted by Crippen LogP contribution is -2.38. The summed E-state index contributed by atoms with van der Waals surface area (Å²) < 4.78 is 13.8. The van der Waals surface area contributed by atoms with E-state index in [1.165, 1.54) is 0 Å². The first kappa shape index (κ1) is 14.7.